The zero-order chi connectivity index (χ0) is 13.6. The number of unbranched alkanes of at least 4 members (excludes halogenated alkanes) is 1. The average Bonchev–Trinajstić information content (AvgIpc) is 2.34. The van der Waals surface area contributed by atoms with E-state index in [0.29, 0.717) is 5.92 Å². The first-order valence-electron chi connectivity index (χ1n) is 6.55. The van der Waals surface area contributed by atoms with Crippen LogP contribution in [-0.4, -0.2) is 12.5 Å². The van der Waals surface area contributed by atoms with Gasteiger partial charge in [0, 0.05) is 6.54 Å². The highest BCUT2D eigenvalue weighted by atomic mass is 16.1. The van der Waals surface area contributed by atoms with Gasteiger partial charge in [0.25, 0.3) is 0 Å². The second kappa shape index (κ2) is 11.9. The molecule has 1 amide bonds. The van der Waals surface area contributed by atoms with Crippen LogP contribution in [0.5, 0.6) is 0 Å². The van der Waals surface area contributed by atoms with Crippen molar-refractivity contribution in [2.75, 3.05) is 6.54 Å². The summed E-state index contributed by atoms with van der Waals surface area (Å²) in [7, 11) is 0. The third-order valence-corrected chi connectivity index (χ3v) is 2.12. The van der Waals surface area contributed by atoms with Crippen molar-refractivity contribution in [2.24, 2.45) is 5.92 Å². The van der Waals surface area contributed by atoms with Crippen molar-refractivity contribution in [2.45, 2.75) is 33.6 Å². The summed E-state index contributed by atoms with van der Waals surface area (Å²) < 4.78 is 0. The summed E-state index contributed by atoms with van der Waals surface area (Å²) in [4.78, 5) is 11.3. The number of rotatable bonds is 8. The number of allylic oxidation sites excluding steroid dienone is 7. The van der Waals surface area contributed by atoms with Crippen LogP contribution < -0.4 is 5.32 Å². The molecule has 0 radical (unpaired) electrons. The fourth-order valence-corrected chi connectivity index (χ4v) is 1.16. The number of amides is 1. The third kappa shape index (κ3) is 12.5. The minimum Gasteiger partial charge on any atom is -0.352 e. The molecule has 0 unspecified atom stereocenters. The van der Waals surface area contributed by atoms with E-state index < -0.39 is 0 Å². The Morgan fingerprint density at radius 3 is 2.39 bits per heavy atom. The summed E-state index contributed by atoms with van der Waals surface area (Å²) in [6.45, 7) is 6.88. The Labute approximate surface area is 111 Å². The minimum atomic E-state index is 0.000610. The summed E-state index contributed by atoms with van der Waals surface area (Å²) in [5.74, 6) is 0.495. The lowest BCUT2D eigenvalue weighted by molar-refractivity contribution is -0.116. The number of carbonyl (C=O) groups is 1. The summed E-state index contributed by atoms with van der Waals surface area (Å²) >= 11 is 0. The highest BCUT2D eigenvalue weighted by molar-refractivity contribution is 5.87. The predicted octanol–water partition coefficient (Wildman–Crippen LogP) is 3.78. The first kappa shape index (κ1) is 16.4. The molecule has 0 rings (SSSR count). The van der Waals surface area contributed by atoms with Gasteiger partial charge in [-0.15, -0.1) is 0 Å². The molecule has 0 aliphatic heterocycles. The Kier molecular flexibility index (Phi) is 10.9. The molecule has 0 aliphatic rings. The van der Waals surface area contributed by atoms with Gasteiger partial charge in [0.05, 0.1) is 0 Å². The van der Waals surface area contributed by atoms with E-state index in [4.69, 9.17) is 0 Å². The van der Waals surface area contributed by atoms with Gasteiger partial charge in [-0.25, -0.2) is 0 Å². The molecule has 2 nitrogen and oxygen atoms in total. The second-order valence-corrected chi connectivity index (χ2v) is 4.46. The molecule has 0 aromatic carbocycles. The van der Waals surface area contributed by atoms with Crippen molar-refractivity contribution in [1.29, 1.82) is 0 Å². The number of nitrogens with one attached hydrogen (secondary N) is 1. The lowest BCUT2D eigenvalue weighted by atomic mass is 10.2. The van der Waals surface area contributed by atoms with E-state index in [0.717, 1.165) is 19.4 Å². The van der Waals surface area contributed by atoms with Crippen LogP contribution >= 0.6 is 0 Å². The molecule has 0 aromatic rings. The molecule has 0 bridgehead atoms. The normalized spacial score (nSPS) is 12.7. The number of carbonyl (C=O) groups excluding carboxylic acids is 1. The van der Waals surface area contributed by atoms with Crippen molar-refractivity contribution in [1.82, 2.24) is 5.32 Å². The van der Waals surface area contributed by atoms with Gasteiger partial charge >= 0.3 is 0 Å². The summed E-state index contributed by atoms with van der Waals surface area (Å²) in [6.07, 6.45) is 17.5. The van der Waals surface area contributed by atoms with E-state index in [-0.39, 0.29) is 5.91 Å². The Bertz CT molecular complexity index is 322. The van der Waals surface area contributed by atoms with Crippen molar-refractivity contribution in [3.63, 3.8) is 0 Å². The molecule has 1 N–H and O–H groups in total. The molecule has 18 heavy (non-hydrogen) atoms. The topological polar surface area (TPSA) is 29.1 Å². The Morgan fingerprint density at radius 2 is 1.72 bits per heavy atom. The number of hydrogen-bond acceptors (Lipinski definition) is 1. The second-order valence-electron chi connectivity index (χ2n) is 4.46. The molecule has 0 saturated heterocycles. The first-order chi connectivity index (χ1) is 8.66. The van der Waals surface area contributed by atoms with Gasteiger partial charge in [0.15, 0.2) is 0 Å². The fourth-order valence-electron chi connectivity index (χ4n) is 1.16. The fraction of sp³-hybridized carbons (Fsp3) is 0.438. The molecule has 0 fully saturated rings. The molecule has 0 aromatic heterocycles. The minimum absolute atomic E-state index is 0.000610. The van der Waals surface area contributed by atoms with Gasteiger partial charge in [0.2, 0.25) is 5.91 Å². The monoisotopic (exact) mass is 247 g/mol. The molecule has 0 heterocycles. The maximum Gasteiger partial charge on any atom is 0.243 e. The summed E-state index contributed by atoms with van der Waals surface area (Å²) in [6, 6.07) is 0. The summed E-state index contributed by atoms with van der Waals surface area (Å²) in [5, 5.41) is 2.84. The molecule has 100 valence electrons. The van der Waals surface area contributed by atoms with Crippen molar-refractivity contribution < 1.29 is 4.79 Å². The molecule has 2 heteroatoms. The highest BCUT2D eigenvalue weighted by Crippen LogP contribution is 1.94. The quantitative estimate of drug-likeness (QED) is 0.395. The SMILES string of the molecule is C/C=C/C=C/C=C/CC/C=C/C(=O)NCC(C)C. The standard InChI is InChI=1S/C16H25NO/c1-4-5-6-7-8-9-10-11-12-13-16(18)17-14-15(2)3/h4-9,12-13,15H,10-11,14H2,1-3H3,(H,17,18)/b5-4+,7-6+,9-8+,13-12+. The van der Waals surface area contributed by atoms with Crippen LogP contribution in [0.3, 0.4) is 0 Å². The van der Waals surface area contributed by atoms with Crippen molar-refractivity contribution in [3.8, 4) is 0 Å². The zero-order valence-electron chi connectivity index (χ0n) is 11.7. The van der Waals surface area contributed by atoms with Gasteiger partial charge in [-0.2, -0.15) is 0 Å². The van der Waals surface area contributed by atoms with Gasteiger partial charge in [0.1, 0.15) is 0 Å². The van der Waals surface area contributed by atoms with Crippen LogP contribution in [-0.2, 0) is 4.79 Å². The zero-order valence-corrected chi connectivity index (χ0v) is 11.7. The molecule has 0 atom stereocenters. The third-order valence-electron chi connectivity index (χ3n) is 2.12. The molecular formula is C16H25NO. The lowest BCUT2D eigenvalue weighted by Crippen LogP contribution is -2.25. The highest BCUT2D eigenvalue weighted by Gasteiger charge is 1.96. The molecule has 0 spiro atoms. The van der Waals surface area contributed by atoms with Crippen LogP contribution in [0.25, 0.3) is 0 Å². The van der Waals surface area contributed by atoms with E-state index in [2.05, 4.69) is 25.2 Å². The number of hydrogen-bond donors (Lipinski definition) is 1. The van der Waals surface area contributed by atoms with Crippen LogP contribution in [0.1, 0.15) is 33.6 Å². The lowest BCUT2D eigenvalue weighted by Gasteiger charge is -2.03. The molecule has 0 aliphatic carbocycles. The maximum absolute atomic E-state index is 11.3. The van der Waals surface area contributed by atoms with Crippen LogP contribution in [0.4, 0.5) is 0 Å². The van der Waals surface area contributed by atoms with E-state index in [1.165, 1.54) is 0 Å². The first-order valence-corrected chi connectivity index (χ1v) is 6.55. The van der Waals surface area contributed by atoms with Gasteiger partial charge in [-0.05, 0) is 31.8 Å². The van der Waals surface area contributed by atoms with Crippen molar-refractivity contribution >= 4 is 5.91 Å². The smallest absolute Gasteiger partial charge is 0.243 e. The van der Waals surface area contributed by atoms with Gasteiger partial charge in [-0.1, -0.05) is 56.4 Å². The Balaban J connectivity index is 3.61. The Morgan fingerprint density at radius 1 is 1.06 bits per heavy atom. The van der Waals surface area contributed by atoms with E-state index in [1.807, 2.05) is 43.4 Å². The maximum atomic E-state index is 11.3. The molecule has 0 saturated carbocycles. The van der Waals surface area contributed by atoms with Crippen molar-refractivity contribution in [3.05, 3.63) is 48.6 Å². The largest absolute Gasteiger partial charge is 0.352 e. The molecular weight excluding hydrogens is 222 g/mol. The van der Waals surface area contributed by atoms with E-state index >= 15 is 0 Å². The van der Waals surface area contributed by atoms with Crippen LogP contribution in [0.15, 0.2) is 48.6 Å². The average molecular weight is 247 g/mol. The van der Waals surface area contributed by atoms with Crippen LogP contribution in [0, 0.1) is 5.92 Å². The van der Waals surface area contributed by atoms with Gasteiger partial charge in [-0.3, -0.25) is 4.79 Å². The van der Waals surface area contributed by atoms with Crippen LogP contribution in [0.2, 0.25) is 0 Å². The summed E-state index contributed by atoms with van der Waals surface area (Å²) in [5.41, 5.74) is 0. The van der Waals surface area contributed by atoms with E-state index in [1.54, 1.807) is 6.08 Å². The predicted molar refractivity (Wildman–Crippen MR) is 79.3 cm³/mol. The van der Waals surface area contributed by atoms with E-state index in [9.17, 15) is 4.79 Å². The van der Waals surface area contributed by atoms with Gasteiger partial charge < -0.3 is 5.32 Å². The Hall–Kier alpha value is -1.57.